The minimum Gasteiger partial charge on any atom is -0.261 e. The summed E-state index contributed by atoms with van der Waals surface area (Å²) >= 11 is 0. The van der Waals surface area contributed by atoms with Crippen molar-refractivity contribution in [1.82, 2.24) is 4.98 Å². The van der Waals surface area contributed by atoms with Crippen LogP contribution < -0.4 is 0 Å². The van der Waals surface area contributed by atoms with Crippen molar-refractivity contribution in [3.05, 3.63) is 40.0 Å². The van der Waals surface area contributed by atoms with E-state index in [-0.39, 0.29) is 12.0 Å². The van der Waals surface area contributed by atoms with Crippen LogP contribution in [0.4, 0.5) is 13.2 Å². The van der Waals surface area contributed by atoms with Gasteiger partial charge in [-0.2, -0.15) is 13.2 Å². The smallest absolute Gasteiger partial charge is 0.261 e. The van der Waals surface area contributed by atoms with Crippen LogP contribution in [0.3, 0.4) is 0 Å². The fourth-order valence-corrected chi connectivity index (χ4v) is 1.84. The third-order valence-electron chi connectivity index (χ3n) is 2.85. The number of aromatic nitrogens is 1. The zero-order chi connectivity index (χ0) is 12.5. The molecule has 1 heterocycles. The lowest BCUT2D eigenvalue weighted by atomic mass is 9.78. The lowest BCUT2D eigenvalue weighted by Crippen LogP contribution is -2.25. The number of hydrogen-bond donors (Lipinski definition) is 0. The van der Waals surface area contributed by atoms with E-state index in [1.807, 2.05) is 0 Å². The van der Waals surface area contributed by atoms with E-state index in [0.717, 1.165) is 12.1 Å². The molecule has 90 valence electrons. The van der Waals surface area contributed by atoms with Gasteiger partial charge in [0.2, 0.25) is 0 Å². The highest BCUT2D eigenvalue weighted by atomic mass is 19.4. The maximum absolute atomic E-state index is 12.5. The van der Waals surface area contributed by atoms with Gasteiger partial charge in [0.25, 0.3) is 0 Å². The summed E-state index contributed by atoms with van der Waals surface area (Å²) in [4.78, 5) is 6.60. The van der Waals surface area contributed by atoms with Gasteiger partial charge >= 0.3 is 6.18 Å². The molecule has 0 radical (unpaired) electrons. The topological polar surface area (TPSA) is 61.7 Å². The van der Waals surface area contributed by atoms with Gasteiger partial charge in [0, 0.05) is 28.8 Å². The predicted molar refractivity (Wildman–Crippen MR) is 54.1 cm³/mol. The molecule has 17 heavy (non-hydrogen) atoms. The van der Waals surface area contributed by atoms with Gasteiger partial charge in [-0.15, -0.1) is 0 Å². The molecule has 0 atom stereocenters. The van der Waals surface area contributed by atoms with Crippen LogP contribution in [0.5, 0.6) is 0 Å². The molecule has 4 nitrogen and oxygen atoms in total. The molecule has 0 N–H and O–H groups in total. The van der Waals surface area contributed by atoms with Crippen molar-refractivity contribution in [3.8, 4) is 0 Å². The number of rotatable bonds is 2. The van der Waals surface area contributed by atoms with Crippen molar-refractivity contribution in [3.63, 3.8) is 0 Å². The molecule has 0 aliphatic heterocycles. The van der Waals surface area contributed by atoms with Gasteiger partial charge in [-0.3, -0.25) is 4.98 Å². The third kappa shape index (κ3) is 2.50. The zero-order valence-electron chi connectivity index (χ0n) is 8.72. The highest BCUT2D eigenvalue weighted by molar-refractivity contribution is 5.23. The first-order valence-electron chi connectivity index (χ1n) is 5.08. The Labute approximate surface area is 95.1 Å². The lowest BCUT2D eigenvalue weighted by molar-refractivity contribution is -0.137. The minimum absolute atomic E-state index is 0.0344. The van der Waals surface area contributed by atoms with Gasteiger partial charge < -0.3 is 0 Å². The summed E-state index contributed by atoms with van der Waals surface area (Å²) in [6.07, 6.45) is -2.04. The maximum Gasteiger partial charge on any atom is 0.416 e. The molecule has 0 amide bonds. The quantitative estimate of drug-likeness (QED) is 0.443. The normalized spacial score (nSPS) is 23.7. The van der Waals surface area contributed by atoms with Gasteiger partial charge in [-0.1, -0.05) is 5.11 Å². The number of nitrogens with zero attached hydrogens (tertiary/aromatic N) is 4. The SMILES string of the molecule is [N-]=[N+]=N[C@H]1C[C@H](c2cc(C(F)(F)F)ccn2)C1. The Morgan fingerprint density at radius 2 is 2.12 bits per heavy atom. The van der Waals surface area contributed by atoms with Crippen LogP contribution in [0.25, 0.3) is 10.4 Å². The molecule has 0 spiro atoms. The molecule has 0 bridgehead atoms. The molecular formula is C10H9F3N4. The second-order valence-electron chi connectivity index (χ2n) is 3.99. The standard InChI is InChI=1S/C10H9F3N4/c11-10(12,13)7-1-2-15-9(5-7)6-3-8(4-6)16-17-14/h1-2,5-6,8H,3-4H2/t6-,8-. The van der Waals surface area contributed by atoms with Gasteiger partial charge in [-0.05, 0) is 30.5 Å². The van der Waals surface area contributed by atoms with E-state index < -0.39 is 11.7 Å². The Morgan fingerprint density at radius 1 is 1.41 bits per heavy atom. The Balaban J connectivity index is 2.11. The van der Waals surface area contributed by atoms with Crippen LogP contribution in [0, 0.1) is 0 Å². The first-order valence-corrected chi connectivity index (χ1v) is 5.08. The molecule has 1 saturated carbocycles. The summed E-state index contributed by atoms with van der Waals surface area (Å²) in [5.74, 6) is -0.0344. The number of azide groups is 1. The monoisotopic (exact) mass is 242 g/mol. The van der Waals surface area contributed by atoms with Crippen molar-refractivity contribution in [1.29, 1.82) is 0 Å². The number of alkyl halides is 3. The largest absolute Gasteiger partial charge is 0.416 e. The molecule has 2 rings (SSSR count). The van der Waals surface area contributed by atoms with E-state index in [1.54, 1.807) is 0 Å². The zero-order valence-corrected chi connectivity index (χ0v) is 8.72. The van der Waals surface area contributed by atoms with E-state index in [2.05, 4.69) is 15.0 Å². The maximum atomic E-state index is 12.5. The number of hydrogen-bond acceptors (Lipinski definition) is 2. The Bertz CT molecular complexity index is 459. The Kier molecular flexibility index (Phi) is 2.93. The second kappa shape index (κ2) is 4.25. The molecule has 1 fully saturated rings. The van der Waals surface area contributed by atoms with Crippen LogP contribution in [0.15, 0.2) is 23.4 Å². The number of halogens is 3. The molecule has 0 saturated heterocycles. The Morgan fingerprint density at radius 3 is 2.71 bits per heavy atom. The van der Waals surface area contributed by atoms with Crippen LogP contribution in [0.1, 0.15) is 30.0 Å². The average Bonchev–Trinajstić information content (AvgIpc) is 2.22. The molecule has 1 aliphatic carbocycles. The first kappa shape index (κ1) is 11.7. The summed E-state index contributed by atoms with van der Waals surface area (Å²) in [6, 6.07) is 1.91. The van der Waals surface area contributed by atoms with Crippen LogP contribution in [-0.2, 0) is 6.18 Å². The van der Waals surface area contributed by atoms with Crippen molar-refractivity contribution >= 4 is 0 Å². The highest BCUT2D eigenvalue weighted by Crippen LogP contribution is 2.39. The molecular weight excluding hydrogens is 233 g/mol. The van der Waals surface area contributed by atoms with Crippen molar-refractivity contribution in [2.24, 2.45) is 5.11 Å². The summed E-state index contributed by atoms with van der Waals surface area (Å²) in [5, 5.41) is 3.51. The second-order valence-corrected chi connectivity index (χ2v) is 3.99. The van der Waals surface area contributed by atoms with Crippen LogP contribution >= 0.6 is 0 Å². The van der Waals surface area contributed by atoms with Gasteiger partial charge in [-0.25, -0.2) is 0 Å². The first-order chi connectivity index (χ1) is 8.00. The van der Waals surface area contributed by atoms with E-state index in [0.29, 0.717) is 18.5 Å². The third-order valence-corrected chi connectivity index (χ3v) is 2.85. The molecule has 1 aliphatic rings. The molecule has 7 heteroatoms. The van der Waals surface area contributed by atoms with E-state index >= 15 is 0 Å². The summed E-state index contributed by atoms with van der Waals surface area (Å²) in [5.41, 5.74) is 7.94. The summed E-state index contributed by atoms with van der Waals surface area (Å²) in [7, 11) is 0. The minimum atomic E-state index is -4.34. The lowest BCUT2D eigenvalue weighted by Gasteiger charge is -2.31. The van der Waals surface area contributed by atoms with Gasteiger partial charge in [0.15, 0.2) is 0 Å². The van der Waals surface area contributed by atoms with E-state index in [4.69, 9.17) is 5.53 Å². The average molecular weight is 242 g/mol. The molecule has 0 aromatic carbocycles. The van der Waals surface area contributed by atoms with Crippen molar-refractivity contribution < 1.29 is 13.2 Å². The highest BCUT2D eigenvalue weighted by Gasteiger charge is 2.34. The fourth-order valence-electron chi connectivity index (χ4n) is 1.84. The van der Waals surface area contributed by atoms with Crippen LogP contribution in [0.2, 0.25) is 0 Å². The molecule has 1 aromatic heterocycles. The van der Waals surface area contributed by atoms with E-state index in [1.165, 1.54) is 6.20 Å². The van der Waals surface area contributed by atoms with Crippen LogP contribution in [-0.4, -0.2) is 11.0 Å². The van der Waals surface area contributed by atoms with Gasteiger partial charge in [0.1, 0.15) is 0 Å². The number of pyridine rings is 1. The fraction of sp³-hybridized carbons (Fsp3) is 0.500. The van der Waals surface area contributed by atoms with Crippen molar-refractivity contribution in [2.45, 2.75) is 31.0 Å². The Hall–Kier alpha value is -1.75. The van der Waals surface area contributed by atoms with Gasteiger partial charge in [0.05, 0.1) is 5.56 Å². The molecule has 0 unspecified atom stereocenters. The molecule has 1 aromatic rings. The van der Waals surface area contributed by atoms with Crippen molar-refractivity contribution in [2.75, 3.05) is 0 Å². The predicted octanol–water partition coefficient (Wildman–Crippen LogP) is 3.66. The summed E-state index contributed by atoms with van der Waals surface area (Å²) in [6.45, 7) is 0. The van der Waals surface area contributed by atoms with E-state index in [9.17, 15) is 13.2 Å². The summed E-state index contributed by atoms with van der Waals surface area (Å²) < 4.78 is 37.4.